The van der Waals surface area contributed by atoms with E-state index < -0.39 is 29.3 Å². The van der Waals surface area contributed by atoms with Gasteiger partial charge in [0.15, 0.2) is 0 Å². The van der Waals surface area contributed by atoms with Gasteiger partial charge in [0.25, 0.3) is 11.5 Å². The minimum Gasteiger partial charge on any atom is -0.466 e. The fourth-order valence-electron chi connectivity index (χ4n) is 3.95. The number of carbonyl (C=O) groups is 3. The molecular weight excluding hydrogens is 443 g/mol. The predicted octanol–water partition coefficient (Wildman–Crippen LogP) is 1.48. The van der Waals surface area contributed by atoms with E-state index in [1.165, 1.54) is 33.9 Å². The maximum Gasteiger partial charge on any atom is 0.307 e. The molecule has 0 aliphatic carbocycles. The number of fused-ring (bicyclic) bond motifs is 1. The summed E-state index contributed by atoms with van der Waals surface area (Å²) in [7, 11) is 0. The highest BCUT2D eigenvalue weighted by atomic mass is 19.1. The molecule has 176 valence electrons. The summed E-state index contributed by atoms with van der Waals surface area (Å²) in [5.74, 6) is -1.95. The molecule has 10 heteroatoms. The summed E-state index contributed by atoms with van der Waals surface area (Å²) in [6, 6.07) is 9.88. The highest BCUT2D eigenvalue weighted by molar-refractivity contribution is 5.99. The highest BCUT2D eigenvalue weighted by Gasteiger charge is 2.34. The van der Waals surface area contributed by atoms with Crippen LogP contribution in [-0.2, 0) is 20.9 Å². The Morgan fingerprint density at radius 3 is 2.71 bits per heavy atom. The average Bonchev–Trinajstić information content (AvgIpc) is 2.83. The van der Waals surface area contributed by atoms with Crippen LogP contribution >= 0.6 is 0 Å². The van der Waals surface area contributed by atoms with Crippen LogP contribution in [0.25, 0.3) is 11.0 Å². The molecule has 1 unspecified atom stereocenters. The second-order valence-corrected chi connectivity index (χ2v) is 7.89. The Morgan fingerprint density at radius 2 is 1.97 bits per heavy atom. The van der Waals surface area contributed by atoms with Crippen molar-refractivity contribution in [1.82, 2.24) is 19.8 Å². The molecule has 34 heavy (non-hydrogen) atoms. The van der Waals surface area contributed by atoms with E-state index in [1.807, 2.05) is 0 Å². The first-order chi connectivity index (χ1) is 16.4. The number of rotatable bonds is 6. The highest BCUT2D eigenvalue weighted by Crippen LogP contribution is 2.17. The van der Waals surface area contributed by atoms with E-state index in [0.29, 0.717) is 16.6 Å². The molecule has 3 aromatic rings. The number of benzene rings is 1. The predicted molar refractivity (Wildman–Crippen MR) is 121 cm³/mol. The number of piperazine rings is 1. The van der Waals surface area contributed by atoms with Gasteiger partial charge in [0.1, 0.15) is 23.6 Å². The number of ether oxygens (including phenoxy) is 1. The quantitative estimate of drug-likeness (QED) is 0.551. The van der Waals surface area contributed by atoms with Crippen molar-refractivity contribution in [1.29, 1.82) is 0 Å². The summed E-state index contributed by atoms with van der Waals surface area (Å²) in [5, 5.41) is 3.20. The molecule has 0 saturated carbocycles. The van der Waals surface area contributed by atoms with Crippen LogP contribution in [-0.4, -0.2) is 58.0 Å². The van der Waals surface area contributed by atoms with Crippen LogP contribution in [0.5, 0.6) is 0 Å². The third-order valence-electron chi connectivity index (χ3n) is 5.59. The van der Waals surface area contributed by atoms with Gasteiger partial charge in [-0.1, -0.05) is 12.1 Å². The molecule has 1 aromatic carbocycles. The number of aromatic nitrogens is 2. The smallest absolute Gasteiger partial charge is 0.307 e. The molecule has 2 amide bonds. The molecule has 1 aliphatic rings. The van der Waals surface area contributed by atoms with Crippen molar-refractivity contribution in [3.05, 3.63) is 76.0 Å². The summed E-state index contributed by atoms with van der Waals surface area (Å²) < 4.78 is 19.7. The van der Waals surface area contributed by atoms with Gasteiger partial charge in [0, 0.05) is 18.1 Å². The molecule has 0 radical (unpaired) electrons. The zero-order valence-corrected chi connectivity index (χ0v) is 18.5. The van der Waals surface area contributed by atoms with Crippen molar-refractivity contribution < 1.29 is 23.5 Å². The second-order valence-electron chi connectivity index (χ2n) is 7.89. The van der Waals surface area contributed by atoms with Crippen molar-refractivity contribution in [2.45, 2.75) is 25.9 Å². The van der Waals surface area contributed by atoms with Gasteiger partial charge in [-0.05, 0) is 42.8 Å². The monoisotopic (exact) mass is 466 g/mol. The maximum atomic E-state index is 13.5. The first kappa shape index (κ1) is 23.1. The fourth-order valence-corrected chi connectivity index (χ4v) is 3.95. The summed E-state index contributed by atoms with van der Waals surface area (Å²) in [6.07, 6.45) is 1.42. The largest absolute Gasteiger partial charge is 0.466 e. The lowest BCUT2D eigenvalue weighted by atomic mass is 10.1. The Kier molecular flexibility index (Phi) is 6.67. The number of esters is 1. The molecule has 1 fully saturated rings. The molecule has 0 bridgehead atoms. The lowest BCUT2D eigenvalue weighted by Gasteiger charge is -2.35. The summed E-state index contributed by atoms with van der Waals surface area (Å²) >= 11 is 0. The summed E-state index contributed by atoms with van der Waals surface area (Å²) in [4.78, 5) is 56.6. The van der Waals surface area contributed by atoms with E-state index in [9.17, 15) is 23.6 Å². The molecular formula is C24H23FN4O5. The molecule has 1 saturated heterocycles. The Hall–Kier alpha value is -4.08. The third kappa shape index (κ3) is 4.80. The molecule has 3 heterocycles. The van der Waals surface area contributed by atoms with Gasteiger partial charge in [-0.15, -0.1) is 0 Å². The van der Waals surface area contributed by atoms with Gasteiger partial charge in [-0.2, -0.15) is 0 Å². The van der Waals surface area contributed by atoms with E-state index >= 15 is 0 Å². The minimum absolute atomic E-state index is 0.0699. The van der Waals surface area contributed by atoms with E-state index in [1.54, 1.807) is 31.2 Å². The lowest BCUT2D eigenvalue weighted by molar-refractivity contribution is -0.145. The van der Waals surface area contributed by atoms with Crippen molar-refractivity contribution in [2.75, 3.05) is 19.7 Å². The Balaban J connectivity index is 1.75. The van der Waals surface area contributed by atoms with Crippen molar-refractivity contribution >= 4 is 28.8 Å². The second kappa shape index (κ2) is 9.82. The third-order valence-corrected chi connectivity index (χ3v) is 5.59. The van der Waals surface area contributed by atoms with Gasteiger partial charge in [-0.3, -0.25) is 23.7 Å². The van der Waals surface area contributed by atoms with Crippen LogP contribution in [0.15, 0.2) is 53.5 Å². The molecule has 2 aromatic heterocycles. The number of pyridine rings is 2. The molecule has 4 rings (SSSR count). The van der Waals surface area contributed by atoms with Crippen LogP contribution in [0.2, 0.25) is 0 Å². The molecule has 1 N–H and O–H groups in total. The Labute approximate surface area is 194 Å². The van der Waals surface area contributed by atoms with Crippen LogP contribution in [0.3, 0.4) is 0 Å². The van der Waals surface area contributed by atoms with E-state index in [4.69, 9.17) is 4.74 Å². The molecule has 1 aliphatic heterocycles. The van der Waals surface area contributed by atoms with Crippen molar-refractivity contribution in [3.63, 3.8) is 0 Å². The minimum atomic E-state index is -0.659. The van der Waals surface area contributed by atoms with Gasteiger partial charge in [0.05, 0.1) is 25.6 Å². The summed E-state index contributed by atoms with van der Waals surface area (Å²) in [5.41, 5.74) is 0.276. The van der Waals surface area contributed by atoms with Gasteiger partial charge < -0.3 is 15.0 Å². The lowest BCUT2D eigenvalue weighted by Crippen LogP contribution is -2.57. The molecule has 1 atom stereocenters. The topological polar surface area (TPSA) is 111 Å². The van der Waals surface area contributed by atoms with E-state index in [-0.39, 0.29) is 44.1 Å². The van der Waals surface area contributed by atoms with E-state index in [0.717, 1.165) is 0 Å². The normalized spacial score (nSPS) is 15.8. The first-order valence-electron chi connectivity index (χ1n) is 10.8. The Bertz CT molecular complexity index is 1300. The van der Waals surface area contributed by atoms with Crippen molar-refractivity contribution in [2.24, 2.45) is 0 Å². The molecule has 0 spiro atoms. The SMILES string of the molecule is CCOC(=O)CC1CNC(=O)CN1C(=O)c1cc2cccnc2n(Cc2ccc(F)cc2)c1=O. The van der Waals surface area contributed by atoms with Crippen molar-refractivity contribution in [3.8, 4) is 0 Å². The van der Waals surface area contributed by atoms with Gasteiger partial charge in [-0.25, -0.2) is 9.37 Å². The number of amides is 2. The number of carbonyl (C=O) groups excluding carboxylic acids is 3. The van der Waals surface area contributed by atoms with Crippen LogP contribution < -0.4 is 10.9 Å². The van der Waals surface area contributed by atoms with E-state index in [2.05, 4.69) is 10.3 Å². The van der Waals surface area contributed by atoms with Crippen LogP contribution in [0.4, 0.5) is 4.39 Å². The first-order valence-corrected chi connectivity index (χ1v) is 10.8. The number of nitrogens with zero attached hydrogens (tertiary/aromatic N) is 3. The average molecular weight is 466 g/mol. The number of nitrogens with one attached hydrogen (secondary N) is 1. The summed E-state index contributed by atoms with van der Waals surface area (Å²) in [6.45, 7) is 1.72. The van der Waals surface area contributed by atoms with Gasteiger partial charge >= 0.3 is 5.97 Å². The van der Waals surface area contributed by atoms with Crippen LogP contribution in [0, 0.1) is 5.82 Å². The zero-order valence-electron chi connectivity index (χ0n) is 18.5. The Morgan fingerprint density at radius 1 is 1.21 bits per heavy atom. The number of hydrogen-bond acceptors (Lipinski definition) is 6. The van der Waals surface area contributed by atoms with Crippen LogP contribution in [0.1, 0.15) is 29.3 Å². The molecule has 9 nitrogen and oxygen atoms in total. The fraction of sp³-hybridized carbons (Fsp3) is 0.292. The number of halogens is 1. The number of hydrogen-bond donors (Lipinski definition) is 1. The standard InChI is InChI=1S/C24H23FN4O5/c1-2-34-21(31)11-18-12-27-20(30)14-28(18)23(32)19-10-16-4-3-9-26-22(16)29(24(19)33)13-15-5-7-17(25)8-6-15/h3-10,18H,2,11-14H2,1H3,(H,27,30). The zero-order chi connectivity index (χ0) is 24.2. The van der Waals surface area contributed by atoms with Gasteiger partial charge in [0.2, 0.25) is 5.91 Å². The maximum absolute atomic E-state index is 13.5.